The van der Waals surface area contributed by atoms with Crippen molar-refractivity contribution in [3.05, 3.63) is 46.8 Å². The molecule has 4 rings (SSSR count). The number of amides is 2. The van der Waals surface area contributed by atoms with Crippen molar-refractivity contribution in [2.45, 2.75) is 83.8 Å². The minimum atomic E-state index is -1.22. The molecule has 0 spiro atoms. The molecule has 1 fully saturated rings. The van der Waals surface area contributed by atoms with Crippen molar-refractivity contribution in [3.63, 3.8) is 0 Å². The Hall–Kier alpha value is -3.16. The summed E-state index contributed by atoms with van der Waals surface area (Å²) in [6.45, 7) is 5.85. The molecular weight excluding hydrogens is 432 g/mol. The molecule has 2 amide bonds. The average Bonchev–Trinajstić information content (AvgIpc) is 3.20. The first-order chi connectivity index (χ1) is 16.2. The fraction of sp³-hybridized carbons (Fsp3) is 0.538. The number of nitrogens with one attached hydrogen (secondary N) is 1. The number of aromatic nitrogens is 2. The van der Waals surface area contributed by atoms with Crippen molar-refractivity contribution < 1.29 is 19.1 Å². The van der Waals surface area contributed by atoms with Crippen LogP contribution in [0.15, 0.2) is 24.3 Å². The summed E-state index contributed by atoms with van der Waals surface area (Å²) >= 11 is 0. The van der Waals surface area contributed by atoms with Crippen molar-refractivity contribution in [2.75, 3.05) is 12.0 Å². The van der Waals surface area contributed by atoms with Crippen LogP contribution in [0.4, 0.5) is 5.69 Å². The van der Waals surface area contributed by atoms with Crippen LogP contribution in [0.3, 0.4) is 0 Å². The number of rotatable bonds is 4. The van der Waals surface area contributed by atoms with Gasteiger partial charge in [0.2, 0.25) is 5.91 Å². The van der Waals surface area contributed by atoms with Crippen LogP contribution in [0.1, 0.15) is 84.0 Å². The number of ether oxygens (including phenoxy) is 1. The van der Waals surface area contributed by atoms with Gasteiger partial charge < -0.3 is 10.1 Å². The second kappa shape index (κ2) is 9.60. The SMILES string of the molecule is COC(=O)c1cc2n(n1)C[C@](C)(C(=O)NC1CCCCCCC1)N(c1ccc(C)cc1C)C2=O. The number of fused-ring (bicyclic) bond motifs is 1. The highest BCUT2D eigenvalue weighted by Gasteiger charge is 2.49. The van der Waals surface area contributed by atoms with Crippen molar-refractivity contribution in [1.29, 1.82) is 0 Å². The van der Waals surface area contributed by atoms with Crippen molar-refractivity contribution in [2.24, 2.45) is 0 Å². The van der Waals surface area contributed by atoms with Gasteiger partial charge in [-0.05, 0) is 45.2 Å². The standard InChI is InChI=1S/C26H34N4O4/c1-17-12-13-21(18(2)14-17)30-23(31)22-15-20(24(32)34-4)28-29(22)16-26(30,3)25(33)27-19-10-8-6-5-7-9-11-19/h12-15,19H,5-11,16H2,1-4H3,(H,27,33)/t26-/m1/s1. The van der Waals surface area contributed by atoms with Crippen LogP contribution in [0.2, 0.25) is 0 Å². The van der Waals surface area contributed by atoms with E-state index in [1.54, 1.807) is 11.8 Å². The summed E-state index contributed by atoms with van der Waals surface area (Å²) in [5.41, 5.74) is 1.75. The van der Waals surface area contributed by atoms with E-state index in [4.69, 9.17) is 4.74 Å². The first-order valence-electron chi connectivity index (χ1n) is 12.1. The van der Waals surface area contributed by atoms with Crippen LogP contribution in [-0.4, -0.2) is 46.3 Å². The maximum absolute atomic E-state index is 13.9. The lowest BCUT2D eigenvalue weighted by Gasteiger charge is -2.44. The second-order valence-electron chi connectivity index (χ2n) is 9.78. The number of esters is 1. The zero-order valence-electron chi connectivity index (χ0n) is 20.5. The Morgan fingerprint density at radius 1 is 1.09 bits per heavy atom. The van der Waals surface area contributed by atoms with Gasteiger partial charge in [0.25, 0.3) is 5.91 Å². The topological polar surface area (TPSA) is 93.5 Å². The molecule has 1 atom stereocenters. The van der Waals surface area contributed by atoms with E-state index in [0.29, 0.717) is 5.69 Å². The number of carbonyl (C=O) groups is 3. The summed E-state index contributed by atoms with van der Waals surface area (Å²) < 4.78 is 6.26. The Kier molecular flexibility index (Phi) is 6.77. The van der Waals surface area contributed by atoms with E-state index in [1.807, 2.05) is 32.0 Å². The summed E-state index contributed by atoms with van der Waals surface area (Å²) in [6.07, 6.45) is 7.68. The maximum Gasteiger partial charge on any atom is 0.358 e. The van der Waals surface area contributed by atoms with Crippen LogP contribution in [0.5, 0.6) is 0 Å². The van der Waals surface area contributed by atoms with Gasteiger partial charge in [-0.25, -0.2) is 4.79 Å². The number of hydrogen-bond acceptors (Lipinski definition) is 5. The summed E-state index contributed by atoms with van der Waals surface area (Å²) in [6, 6.07) is 7.36. The Labute approximate surface area is 200 Å². The molecule has 1 aromatic heterocycles. The quantitative estimate of drug-likeness (QED) is 0.689. The van der Waals surface area contributed by atoms with Gasteiger partial charge in [-0.2, -0.15) is 5.10 Å². The maximum atomic E-state index is 13.9. The zero-order chi connectivity index (χ0) is 24.5. The summed E-state index contributed by atoms with van der Waals surface area (Å²) in [7, 11) is 1.27. The molecule has 8 heteroatoms. The van der Waals surface area contributed by atoms with Crippen LogP contribution >= 0.6 is 0 Å². The lowest BCUT2D eigenvalue weighted by molar-refractivity contribution is -0.127. The minimum Gasteiger partial charge on any atom is -0.464 e. The first kappa shape index (κ1) is 24.0. The smallest absolute Gasteiger partial charge is 0.358 e. The summed E-state index contributed by atoms with van der Waals surface area (Å²) in [5, 5.41) is 7.56. The number of anilines is 1. The van der Waals surface area contributed by atoms with E-state index in [9.17, 15) is 14.4 Å². The van der Waals surface area contributed by atoms with E-state index >= 15 is 0 Å². The number of benzene rings is 1. The van der Waals surface area contributed by atoms with Gasteiger partial charge in [-0.1, -0.05) is 49.8 Å². The third-order valence-electron chi connectivity index (χ3n) is 7.07. The van der Waals surface area contributed by atoms with Crippen LogP contribution in [-0.2, 0) is 16.1 Å². The van der Waals surface area contributed by atoms with Gasteiger partial charge in [0, 0.05) is 17.8 Å². The minimum absolute atomic E-state index is 0.0519. The van der Waals surface area contributed by atoms with Crippen molar-refractivity contribution >= 4 is 23.5 Å². The van der Waals surface area contributed by atoms with Crippen molar-refractivity contribution in [3.8, 4) is 0 Å². The van der Waals surface area contributed by atoms with Gasteiger partial charge in [0.05, 0.1) is 13.7 Å². The molecule has 0 unspecified atom stereocenters. The summed E-state index contributed by atoms with van der Waals surface area (Å²) in [5.74, 6) is -1.18. The molecule has 1 N–H and O–H groups in total. The highest BCUT2D eigenvalue weighted by Crippen LogP contribution is 2.35. The van der Waals surface area contributed by atoms with Gasteiger partial charge in [0.15, 0.2) is 5.69 Å². The van der Waals surface area contributed by atoms with E-state index in [-0.39, 0.29) is 35.8 Å². The molecule has 1 aliphatic carbocycles. The molecule has 0 radical (unpaired) electrons. The van der Waals surface area contributed by atoms with Gasteiger partial charge in [0.1, 0.15) is 11.2 Å². The first-order valence-corrected chi connectivity index (χ1v) is 12.1. The van der Waals surface area contributed by atoms with E-state index < -0.39 is 11.5 Å². The molecule has 2 aliphatic rings. The number of nitrogens with zero attached hydrogens (tertiary/aromatic N) is 3. The molecule has 0 saturated heterocycles. The molecule has 2 heterocycles. The fourth-order valence-corrected chi connectivity index (χ4v) is 5.16. The molecule has 1 aromatic carbocycles. The Bertz CT molecular complexity index is 1100. The number of methoxy groups -OCH3 is 1. The molecule has 34 heavy (non-hydrogen) atoms. The molecule has 8 nitrogen and oxygen atoms in total. The molecule has 0 bridgehead atoms. The van der Waals surface area contributed by atoms with Crippen LogP contribution in [0.25, 0.3) is 0 Å². The summed E-state index contributed by atoms with van der Waals surface area (Å²) in [4.78, 5) is 41.4. The molecular formula is C26H34N4O4. The van der Waals surface area contributed by atoms with Gasteiger partial charge >= 0.3 is 5.97 Å². The predicted molar refractivity (Wildman–Crippen MR) is 129 cm³/mol. The lowest BCUT2D eigenvalue weighted by Crippen LogP contribution is -2.65. The van der Waals surface area contributed by atoms with Gasteiger partial charge in [-0.3, -0.25) is 19.2 Å². The highest BCUT2D eigenvalue weighted by molar-refractivity contribution is 6.12. The number of carbonyl (C=O) groups excluding carboxylic acids is 3. The largest absolute Gasteiger partial charge is 0.464 e. The molecule has 1 saturated carbocycles. The fourth-order valence-electron chi connectivity index (χ4n) is 5.16. The van der Waals surface area contributed by atoms with Crippen LogP contribution in [0, 0.1) is 13.8 Å². The number of hydrogen-bond donors (Lipinski definition) is 1. The molecule has 2 aromatic rings. The van der Waals surface area contributed by atoms with E-state index in [1.165, 1.54) is 37.1 Å². The highest BCUT2D eigenvalue weighted by atomic mass is 16.5. The third kappa shape index (κ3) is 4.45. The van der Waals surface area contributed by atoms with Crippen LogP contribution < -0.4 is 10.2 Å². The van der Waals surface area contributed by atoms with E-state index in [2.05, 4.69) is 10.4 Å². The lowest BCUT2D eigenvalue weighted by atomic mass is 9.91. The third-order valence-corrected chi connectivity index (χ3v) is 7.07. The number of aryl methyl sites for hydroxylation is 2. The van der Waals surface area contributed by atoms with Gasteiger partial charge in [-0.15, -0.1) is 0 Å². The Balaban J connectivity index is 1.75. The monoisotopic (exact) mass is 466 g/mol. The van der Waals surface area contributed by atoms with E-state index in [0.717, 1.165) is 36.8 Å². The van der Waals surface area contributed by atoms with Crippen molar-refractivity contribution in [1.82, 2.24) is 15.1 Å². The molecule has 182 valence electrons. The zero-order valence-corrected chi connectivity index (χ0v) is 20.5. The predicted octanol–water partition coefficient (Wildman–Crippen LogP) is 3.93. The second-order valence-corrected chi connectivity index (χ2v) is 9.78. The average molecular weight is 467 g/mol. The molecule has 1 aliphatic heterocycles. The Morgan fingerprint density at radius 2 is 1.76 bits per heavy atom. The normalized spacial score (nSPS) is 21.4. The Morgan fingerprint density at radius 3 is 2.41 bits per heavy atom.